The van der Waals surface area contributed by atoms with Gasteiger partial charge < -0.3 is 30.3 Å². The predicted molar refractivity (Wildman–Crippen MR) is 63.7 cm³/mol. The van der Waals surface area contributed by atoms with Crippen molar-refractivity contribution in [3.8, 4) is 0 Å². The number of aliphatic hydroxyl groups is 2. The molecule has 0 saturated carbocycles. The van der Waals surface area contributed by atoms with Gasteiger partial charge in [-0.1, -0.05) is 0 Å². The van der Waals surface area contributed by atoms with Gasteiger partial charge in [0, 0.05) is 40.4 Å². The van der Waals surface area contributed by atoms with Gasteiger partial charge in [-0.05, 0) is 0 Å². The van der Waals surface area contributed by atoms with Crippen LogP contribution in [0, 0.1) is 0 Å². The zero-order chi connectivity index (χ0) is 12.5. The van der Waals surface area contributed by atoms with Gasteiger partial charge in [-0.25, -0.2) is 0 Å². The van der Waals surface area contributed by atoms with Crippen LogP contribution in [-0.4, -0.2) is 77.0 Å². The van der Waals surface area contributed by atoms with Gasteiger partial charge in [-0.2, -0.15) is 0 Å². The molecule has 0 aliphatic rings. The maximum absolute atomic E-state index is 8.26. The average Bonchev–Trinajstić information content (AvgIpc) is 2.31. The second-order valence-electron chi connectivity index (χ2n) is 2.93. The molecule has 0 radical (unpaired) electrons. The summed E-state index contributed by atoms with van der Waals surface area (Å²) < 4.78 is 9.49. The van der Waals surface area contributed by atoms with Crippen LogP contribution in [0.15, 0.2) is 0 Å². The summed E-state index contributed by atoms with van der Waals surface area (Å²) in [5.74, 6) is 0. The van der Waals surface area contributed by atoms with Crippen LogP contribution in [0.4, 0.5) is 0 Å². The lowest BCUT2D eigenvalue weighted by molar-refractivity contribution is 0.195. The molecular weight excluding hydrogens is 212 g/mol. The van der Waals surface area contributed by atoms with Crippen molar-refractivity contribution in [1.82, 2.24) is 10.6 Å². The number of methoxy groups -OCH3 is 2. The van der Waals surface area contributed by atoms with Crippen molar-refractivity contribution in [1.29, 1.82) is 0 Å². The lowest BCUT2D eigenvalue weighted by atomic mass is 10.6. The van der Waals surface area contributed by atoms with Crippen LogP contribution in [-0.2, 0) is 9.47 Å². The van der Waals surface area contributed by atoms with E-state index in [9.17, 15) is 0 Å². The summed E-state index contributed by atoms with van der Waals surface area (Å²) in [6, 6.07) is 0. The van der Waals surface area contributed by atoms with E-state index in [4.69, 9.17) is 19.7 Å². The molecule has 6 heteroatoms. The molecular formula is C10H26N2O4. The maximum atomic E-state index is 8.26. The van der Waals surface area contributed by atoms with E-state index in [2.05, 4.69) is 10.6 Å². The van der Waals surface area contributed by atoms with Crippen molar-refractivity contribution in [3.05, 3.63) is 0 Å². The van der Waals surface area contributed by atoms with Crippen molar-refractivity contribution in [2.75, 3.05) is 66.8 Å². The Bertz CT molecular complexity index is 82.8. The summed E-state index contributed by atoms with van der Waals surface area (Å²) in [5.41, 5.74) is 0. The highest BCUT2D eigenvalue weighted by Gasteiger charge is 1.81. The standard InChI is InChI=1S/2C5H13NO2/c2*1-8-5-3-6-2-4-7/h2*6-7H,2-5H2,1H3. The van der Waals surface area contributed by atoms with Gasteiger partial charge in [0.2, 0.25) is 0 Å². The van der Waals surface area contributed by atoms with Gasteiger partial charge in [0.05, 0.1) is 26.4 Å². The molecule has 0 aromatic heterocycles. The van der Waals surface area contributed by atoms with Crippen molar-refractivity contribution in [3.63, 3.8) is 0 Å². The van der Waals surface area contributed by atoms with Gasteiger partial charge in [-0.3, -0.25) is 0 Å². The van der Waals surface area contributed by atoms with Crippen LogP contribution in [0.3, 0.4) is 0 Å². The van der Waals surface area contributed by atoms with Crippen molar-refractivity contribution < 1.29 is 19.7 Å². The van der Waals surface area contributed by atoms with Gasteiger partial charge in [0.15, 0.2) is 0 Å². The molecule has 0 bridgehead atoms. The van der Waals surface area contributed by atoms with Crippen LogP contribution in [0.5, 0.6) is 0 Å². The molecule has 0 spiro atoms. The van der Waals surface area contributed by atoms with Crippen LogP contribution in [0.2, 0.25) is 0 Å². The number of rotatable bonds is 10. The highest BCUT2D eigenvalue weighted by Crippen LogP contribution is 1.62. The Hall–Kier alpha value is -0.240. The monoisotopic (exact) mass is 238 g/mol. The van der Waals surface area contributed by atoms with Crippen molar-refractivity contribution >= 4 is 0 Å². The summed E-state index contributed by atoms with van der Waals surface area (Å²) in [6.45, 7) is 4.76. The molecule has 0 aliphatic heterocycles. The summed E-state index contributed by atoms with van der Waals surface area (Å²) in [4.78, 5) is 0. The lowest BCUT2D eigenvalue weighted by Crippen LogP contribution is -2.22. The van der Waals surface area contributed by atoms with Gasteiger partial charge in [0.1, 0.15) is 0 Å². The average molecular weight is 238 g/mol. The van der Waals surface area contributed by atoms with Crippen LogP contribution < -0.4 is 10.6 Å². The molecule has 0 fully saturated rings. The maximum Gasteiger partial charge on any atom is 0.0587 e. The fourth-order valence-corrected chi connectivity index (χ4v) is 0.757. The first-order chi connectivity index (χ1) is 7.83. The smallest absolute Gasteiger partial charge is 0.0587 e. The Morgan fingerprint density at radius 2 is 1.12 bits per heavy atom. The zero-order valence-corrected chi connectivity index (χ0v) is 10.4. The van der Waals surface area contributed by atoms with E-state index >= 15 is 0 Å². The van der Waals surface area contributed by atoms with Gasteiger partial charge >= 0.3 is 0 Å². The van der Waals surface area contributed by atoms with E-state index < -0.39 is 0 Å². The second-order valence-corrected chi connectivity index (χ2v) is 2.93. The first-order valence-electron chi connectivity index (χ1n) is 5.44. The molecule has 0 amide bonds. The molecule has 0 atom stereocenters. The molecule has 6 nitrogen and oxygen atoms in total. The van der Waals surface area contributed by atoms with E-state index in [0.717, 1.165) is 13.1 Å². The Labute approximate surface area is 97.9 Å². The van der Waals surface area contributed by atoms with E-state index in [1.165, 1.54) is 0 Å². The second kappa shape index (κ2) is 20.2. The summed E-state index contributed by atoms with van der Waals surface area (Å²) in [5, 5.41) is 22.4. The van der Waals surface area contributed by atoms with Crippen molar-refractivity contribution in [2.24, 2.45) is 0 Å². The molecule has 0 aromatic carbocycles. The lowest BCUT2D eigenvalue weighted by Gasteiger charge is -1.98. The Kier molecular flexibility index (Phi) is 22.9. The molecule has 0 aliphatic carbocycles. The van der Waals surface area contributed by atoms with Gasteiger partial charge in [0.25, 0.3) is 0 Å². The normalized spacial score (nSPS) is 9.75. The van der Waals surface area contributed by atoms with E-state index in [1.807, 2.05) is 0 Å². The first kappa shape index (κ1) is 18.1. The van der Waals surface area contributed by atoms with Crippen LogP contribution in [0.1, 0.15) is 0 Å². The predicted octanol–water partition coefficient (Wildman–Crippen LogP) is -1.57. The quantitative estimate of drug-likeness (QED) is 0.344. The first-order valence-corrected chi connectivity index (χ1v) is 5.44. The third kappa shape index (κ3) is 23.5. The number of aliphatic hydroxyl groups excluding tert-OH is 2. The summed E-state index contributed by atoms with van der Waals surface area (Å²) >= 11 is 0. The molecule has 0 heterocycles. The molecule has 0 unspecified atom stereocenters. The van der Waals surface area contributed by atoms with Gasteiger partial charge in [-0.15, -0.1) is 0 Å². The van der Waals surface area contributed by atoms with E-state index in [0.29, 0.717) is 26.3 Å². The molecule has 0 saturated heterocycles. The Morgan fingerprint density at radius 1 is 0.750 bits per heavy atom. The fourth-order valence-electron chi connectivity index (χ4n) is 0.757. The third-order valence-electron chi connectivity index (χ3n) is 1.54. The van der Waals surface area contributed by atoms with E-state index in [1.54, 1.807) is 14.2 Å². The zero-order valence-electron chi connectivity index (χ0n) is 10.4. The highest BCUT2D eigenvalue weighted by atomic mass is 16.5. The van der Waals surface area contributed by atoms with Crippen LogP contribution >= 0.6 is 0 Å². The number of hydrogen-bond acceptors (Lipinski definition) is 6. The van der Waals surface area contributed by atoms with E-state index in [-0.39, 0.29) is 13.2 Å². The topological polar surface area (TPSA) is 83.0 Å². The number of ether oxygens (including phenoxy) is 2. The molecule has 16 heavy (non-hydrogen) atoms. The summed E-state index contributed by atoms with van der Waals surface area (Å²) in [6.07, 6.45) is 0. The third-order valence-corrected chi connectivity index (χ3v) is 1.54. The molecule has 4 N–H and O–H groups in total. The largest absolute Gasteiger partial charge is 0.395 e. The minimum atomic E-state index is 0.198. The number of hydrogen-bond donors (Lipinski definition) is 4. The van der Waals surface area contributed by atoms with Crippen molar-refractivity contribution in [2.45, 2.75) is 0 Å². The number of nitrogens with one attached hydrogen (secondary N) is 2. The minimum Gasteiger partial charge on any atom is -0.395 e. The minimum absolute atomic E-state index is 0.198. The Balaban J connectivity index is 0. The fraction of sp³-hybridized carbons (Fsp3) is 1.00. The van der Waals surface area contributed by atoms with Crippen LogP contribution in [0.25, 0.3) is 0 Å². The summed E-state index contributed by atoms with van der Waals surface area (Å²) in [7, 11) is 3.31. The molecule has 0 rings (SSSR count). The molecule has 0 aromatic rings. The molecule has 100 valence electrons. The SMILES string of the molecule is COCCNCCO.COCCNCCO. The Morgan fingerprint density at radius 3 is 1.38 bits per heavy atom. The highest BCUT2D eigenvalue weighted by molar-refractivity contribution is 4.41.